The average molecular weight is 476 g/mol. The Bertz CT molecular complexity index is 1110. The van der Waals surface area contributed by atoms with Gasteiger partial charge < -0.3 is 10.2 Å². The van der Waals surface area contributed by atoms with E-state index in [1.54, 1.807) is 0 Å². The molecule has 0 saturated heterocycles. The zero-order valence-corrected chi connectivity index (χ0v) is 19.5. The lowest BCUT2D eigenvalue weighted by molar-refractivity contribution is -0.893. The molecule has 0 fully saturated rings. The monoisotopic (exact) mass is 475 g/mol. The number of carbonyl (C=O) groups excluding carboxylic acids is 1. The number of amides is 1. The molecule has 168 valence electrons. The number of anilines is 1. The van der Waals surface area contributed by atoms with Crippen molar-refractivity contribution in [3.63, 3.8) is 0 Å². The van der Waals surface area contributed by atoms with E-state index >= 15 is 0 Å². The first-order chi connectivity index (χ1) is 15.3. The Labute approximate surface area is 194 Å². The zero-order valence-electron chi connectivity index (χ0n) is 17.9. The van der Waals surface area contributed by atoms with Crippen LogP contribution in [-0.2, 0) is 4.79 Å². The number of aromatic nitrogens is 3. The molecule has 3 rings (SSSR count). The third kappa shape index (κ3) is 5.45. The first-order valence-electron chi connectivity index (χ1n) is 9.99. The molecule has 11 heteroatoms. The van der Waals surface area contributed by atoms with Gasteiger partial charge in [-0.2, -0.15) is 0 Å². The minimum Gasteiger partial charge on any atom is -0.331 e. The van der Waals surface area contributed by atoms with E-state index in [0.717, 1.165) is 17.9 Å². The molecule has 2 N–H and O–H groups in total. The molecule has 2 aromatic carbocycles. The van der Waals surface area contributed by atoms with Crippen LogP contribution in [0, 0.1) is 10.1 Å². The van der Waals surface area contributed by atoms with Crippen molar-refractivity contribution in [2.24, 2.45) is 0 Å². The molecule has 0 aliphatic rings. The minimum absolute atomic E-state index is 0.0133. The van der Waals surface area contributed by atoms with Crippen molar-refractivity contribution in [3.8, 4) is 5.69 Å². The van der Waals surface area contributed by atoms with Gasteiger partial charge in [-0.15, -0.1) is 10.2 Å². The van der Waals surface area contributed by atoms with E-state index in [9.17, 15) is 14.9 Å². The van der Waals surface area contributed by atoms with Gasteiger partial charge in [-0.05, 0) is 24.3 Å². The fraction of sp³-hybridized carbons (Fsp3) is 0.286. The number of nitrogens with zero attached hydrogens (tertiary/aromatic N) is 4. The molecule has 3 aromatic rings. The SMILES string of the molecule is CC[C@@H](c1nnc(SCC(=O)Nc2ccc(Cl)c([N+](=O)[O-])c2)n1-c1ccccc1)[NH+](C)C. The number of hydrogen-bond donors (Lipinski definition) is 2. The Balaban J connectivity index is 1.80. The van der Waals surface area contributed by atoms with E-state index in [2.05, 4.69) is 36.5 Å². The van der Waals surface area contributed by atoms with Crippen LogP contribution in [0.1, 0.15) is 25.2 Å². The predicted molar refractivity (Wildman–Crippen MR) is 125 cm³/mol. The van der Waals surface area contributed by atoms with Crippen molar-refractivity contribution in [3.05, 3.63) is 69.5 Å². The lowest BCUT2D eigenvalue weighted by Crippen LogP contribution is -3.06. The van der Waals surface area contributed by atoms with Gasteiger partial charge in [0.1, 0.15) is 11.1 Å². The molecule has 1 amide bonds. The normalized spacial score (nSPS) is 12.0. The van der Waals surface area contributed by atoms with Gasteiger partial charge in [-0.25, -0.2) is 0 Å². The highest BCUT2D eigenvalue weighted by molar-refractivity contribution is 7.99. The first kappa shape index (κ1) is 23.7. The van der Waals surface area contributed by atoms with Crippen LogP contribution in [0.25, 0.3) is 5.69 Å². The number of nitrogens with one attached hydrogen (secondary N) is 2. The van der Waals surface area contributed by atoms with Gasteiger partial charge in [0.15, 0.2) is 11.0 Å². The van der Waals surface area contributed by atoms with Gasteiger partial charge in [-0.1, -0.05) is 48.5 Å². The van der Waals surface area contributed by atoms with Crippen LogP contribution in [0.5, 0.6) is 0 Å². The zero-order chi connectivity index (χ0) is 23.3. The van der Waals surface area contributed by atoms with Crippen LogP contribution in [0.3, 0.4) is 0 Å². The van der Waals surface area contributed by atoms with Gasteiger partial charge in [0, 0.05) is 23.9 Å². The number of rotatable bonds is 9. The second-order valence-corrected chi connectivity index (χ2v) is 8.66. The molecule has 1 heterocycles. The average Bonchev–Trinajstić information content (AvgIpc) is 3.18. The summed E-state index contributed by atoms with van der Waals surface area (Å²) in [5.41, 5.74) is 0.963. The Morgan fingerprint density at radius 2 is 1.97 bits per heavy atom. The molecule has 1 atom stereocenters. The van der Waals surface area contributed by atoms with E-state index in [-0.39, 0.29) is 28.4 Å². The van der Waals surface area contributed by atoms with Crippen molar-refractivity contribution < 1.29 is 14.6 Å². The Morgan fingerprint density at radius 1 is 1.25 bits per heavy atom. The molecular formula is C21H24ClN6O3S+. The lowest BCUT2D eigenvalue weighted by atomic mass is 10.2. The fourth-order valence-corrected chi connectivity index (χ4v) is 4.27. The molecule has 1 aromatic heterocycles. The molecular weight excluding hydrogens is 452 g/mol. The maximum absolute atomic E-state index is 12.5. The van der Waals surface area contributed by atoms with Crippen molar-refractivity contribution >= 4 is 40.6 Å². The number of nitro groups is 1. The predicted octanol–water partition coefficient (Wildman–Crippen LogP) is 3.16. The Kier molecular flexibility index (Phi) is 7.84. The highest BCUT2D eigenvalue weighted by Gasteiger charge is 2.26. The number of hydrogen-bond acceptors (Lipinski definition) is 6. The second-order valence-electron chi connectivity index (χ2n) is 7.31. The van der Waals surface area contributed by atoms with Gasteiger partial charge in [0.05, 0.1) is 24.8 Å². The summed E-state index contributed by atoms with van der Waals surface area (Å²) in [7, 11) is 4.15. The summed E-state index contributed by atoms with van der Waals surface area (Å²) in [6.07, 6.45) is 0.883. The topological polar surface area (TPSA) is 107 Å². The number of carbonyl (C=O) groups is 1. The van der Waals surface area contributed by atoms with Crippen LogP contribution in [0.2, 0.25) is 5.02 Å². The summed E-state index contributed by atoms with van der Waals surface area (Å²) in [4.78, 5) is 24.2. The highest BCUT2D eigenvalue weighted by Crippen LogP contribution is 2.28. The molecule has 0 aliphatic heterocycles. The smallest absolute Gasteiger partial charge is 0.289 e. The lowest BCUT2D eigenvalue weighted by Gasteiger charge is -2.20. The minimum atomic E-state index is -0.590. The van der Waals surface area contributed by atoms with Crippen molar-refractivity contribution in [2.45, 2.75) is 24.5 Å². The fourth-order valence-electron chi connectivity index (χ4n) is 3.33. The number of thioether (sulfide) groups is 1. The van der Waals surface area contributed by atoms with Crippen LogP contribution >= 0.6 is 23.4 Å². The number of halogens is 1. The van der Waals surface area contributed by atoms with Gasteiger partial charge in [-0.3, -0.25) is 19.5 Å². The summed E-state index contributed by atoms with van der Waals surface area (Å²) in [5, 5.41) is 23.1. The summed E-state index contributed by atoms with van der Waals surface area (Å²) < 4.78 is 1.98. The maximum Gasteiger partial charge on any atom is 0.289 e. The molecule has 32 heavy (non-hydrogen) atoms. The Hall–Kier alpha value is -2.95. The van der Waals surface area contributed by atoms with Gasteiger partial charge in [0.2, 0.25) is 5.91 Å². The molecule has 0 spiro atoms. The number of nitro benzene ring substituents is 1. The molecule has 0 aliphatic carbocycles. The van der Waals surface area contributed by atoms with E-state index in [0.29, 0.717) is 10.8 Å². The molecule has 0 unspecified atom stereocenters. The number of para-hydroxylation sites is 1. The van der Waals surface area contributed by atoms with Gasteiger partial charge >= 0.3 is 0 Å². The van der Waals surface area contributed by atoms with E-state index in [1.165, 1.54) is 34.9 Å². The Morgan fingerprint density at radius 3 is 2.59 bits per heavy atom. The highest BCUT2D eigenvalue weighted by atomic mass is 35.5. The van der Waals surface area contributed by atoms with Crippen LogP contribution in [0.4, 0.5) is 11.4 Å². The van der Waals surface area contributed by atoms with Crippen molar-refractivity contribution in [1.29, 1.82) is 0 Å². The number of benzene rings is 2. The molecule has 0 saturated carbocycles. The van der Waals surface area contributed by atoms with Crippen molar-refractivity contribution in [1.82, 2.24) is 14.8 Å². The van der Waals surface area contributed by atoms with Crippen LogP contribution < -0.4 is 10.2 Å². The van der Waals surface area contributed by atoms with E-state index < -0.39 is 4.92 Å². The summed E-state index contributed by atoms with van der Waals surface area (Å²) in [6, 6.07) is 14.1. The number of quaternary nitrogens is 1. The molecule has 0 radical (unpaired) electrons. The summed E-state index contributed by atoms with van der Waals surface area (Å²) >= 11 is 7.08. The summed E-state index contributed by atoms with van der Waals surface area (Å²) in [5.74, 6) is 0.573. The summed E-state index contributed by atoms with van der Waals surface area (Å²) in [6.45, 7) is 2.10. The maximum atomic E-state index is 12.5. The second kappa shape index (κ2) is 10.6. The van der Waals surface area contributed by atoms with E-state index in [1.807, 2.05) is 34.9 Å². The standard InChI is InChI=1S/C21H23ClN6O3S/c1-4-17(26(2)3)20-24-25-21(27(20)15-8-6-5-7-9-15)32-13-19(29)23-14-10-11-16(22)18(12-14)28(30)31/h5-12,17H,4,13H2,1-3H3,(H,23,29)/p+1/t17-/m0/s1. The van der Waals surface area contributed by atoms with E-state index in [4.69, 9.17) is 11.6 Å². The van der Waals surface area contributed by atoms with Crippen LogP contribution in [-0.4, -0.2) is 45.4 Å². The molecule has 0 bridgehead atoms. The largest absolute Gasteiger partial charge is 0.331 e. The van der Waals surface area contributed by atoms with Gasteiger partial charge in [0.25, 0.3) is 5.69 Å². The molecule has 9 nitrogen and oxygen atoms in total. The first-order valence-corrected chi connectivity index (χ1v) is 11.4. The quantitative estimate of drug-likeness (QED) is 0.279. The van der Waals surface area contributed by atoms with Crippen molar-refractivity contribution in [2.75, 3.05) is 25.2 Å². The van der Waals surface area contributed by atoms with Crippen LogP contribution in [0.15, 0.2) is 53.7 Å². The third-order valence-corrected chi connectivity index (χ3v) is 6.10. The third-order valence-electron chi connectivity index (χ3n) is 4.85.